The van der Waals surface area contributed by atoms with Gasteiger partial charge in [-0.2, -0.15) is 0 Å². The van der Waals surface area contributed by atoms with Gasteiger partial charge in [-0.15, -0.1) is 0 Å². The summed E-state index contributed by atoms with van der Waals surface area (Å²) in [5.74, 6) is 0. The SMILES string of the molecule is CO[C@@H]1[C@@H]2O[C@@H]3O[C@H]1[C@H](N(C)C)[C@@H](O3)[C@@H]2OCc1ccccc1. The number of hydrogen-bond donors (Lipinski definition) is 0. The predicted octanol–water partition coefficient (Wildman–Crippen LogP) is 0.997. The van der Waals surface area contributed by atoms with E-state index in [2.05, 4.69) is 17.0 Å². The van der Waals surface area contributed by atoms with E-state index in [0.717, 1.165) is 5.56 Å². The number of methoxy groups -OCH3 is 1. The largest absolute Gasteiger partial charge is 0.376 e. The van der Waals surface area contributed by atoms with Gasteiger partial charge in [0.05, 0.1) is 12.6 Å². The van der Waals surface area contributed by atoms with E-state index in [1.165, 1.54) is 0 Å². The Kier molecular flexibility index (Phi) is 4.13. The van der Waals surface area contributed by atoms with Gasteiger partial charge in [-0.3, -0.25) is 0 Å². The molecule has 4 fully saturated rings. The van der Waals surface area contributed by atoms with Gasteiger partial charge in [0.25, 0.3) is 6.48 Å². The fraction of sp³-hybridized carbons (Fsp3) is 0.647. The van der Waals surface area contributed by atoms with Crippen molar-refractivity contribution in [3.8, 4) is 0 Å². The molecule has 7 atom stereocenters. The van der Waals surface area contributed by atoms with Crippen LogP contribution in [-0.2, 0) is 30.3 Å². The molecule has 1 aliphatic carbocycles. The maximum Gasteiger partial charge on any atom is 0.272 e. The summed E-state index contributed by atoms with van der Waals surface area (Å²) in [4.78, 5) is 2.12. The molecule has 4 bridgehead atoms. The van der Waals surface area contributed by atoms with Crippen LogP contribution < -0.4 is 0 Å². The Morgan fingerprint density at radius 1 is 0.957 bits per heavy atom. The summed E-state index contributed by atoms with van der Waals surface area (Å²) < 4.78 is 29.5. The second kappa shape index (κ2) is 6.12. The molecule has 1 aromatic carbocycles. The molecule has 6 heteroatoms. The molecule has 0 N–H and O–H groups in total. The van der Waals surface area contributed by atoms with E-state index in [1.54, 1.807) is 7.11 Å². The second-order valence-electron chi connectivity index (χ2n) is 6.51. The zero-order valence-corrected chi connectivity index (χ0v) is 13.6. The maximum absolute atomic E-state index is 6.21. The Morgan fingerprint density at radius 3 is 2.26 bits per heavy atom. The lowest BCUT2D eigenvalue weighted by Gasteiger charge is -2.60. The van der Waals surface area contributed by atoms with Crippen molar-refractivity contribution in [2.45, 2.75) is 49.6 Å². The molecule has 0 spiro atoms. The van der Waals surface area contributed by atoms with Crippen LogP contribution in [0.1, 0.15) is 5.56 Å². The minimum Gasteiger partial charge on any atom is -0.376 e. The van der Waals surface area contributed by atoms with Gasteiger partial charge in [-0.05, 0) is 19.7 Å². The van der Waals surface area contributed by atoms with Crippen molar-refractivity contribution in [3.63, 3.8) is 0 Å². The van der Waals surface area contributed by atoms with Gasteiger partial charge >= 0.3 is 0 Å². The van der Waals surface area contributed by atoms with E-state index in [0.29, 0.717) is 6.61 Å². The van der Waals surface area contributed by atoms with Gasteiger partial charge in [-0.1, -0.05) is 30.3 Å². The molecule has 23 heavy (non-hydrogen) atoms. The summed E-state index contributed by atoms with van der Waals surface area (Å²) in [7, 11) is 5.75. The monoisotopic (exact) mass is 321 g/mol. The minimum atomic E-state index is -0.603. The Bertz CT molecular complexity index is 539. The van der Waals surface area contributed by atoms with Crippen LogP contribution in [-0.4, -0.2) is 69.1 Å². The molecule has 0 radical (unpaired) electrons. The summed E-state index contributed by atoms with van der Waals surface area (Å²) in [6, 6.07) is 10.2. The standard InChI is InChI=1S/C17H23NO5/c1-18(2)11-12-14(19-3)16-15(13(11)22-17(21-12)23-16)20-9-10-7-5-4-6-8-10/h4-8,11-17H,9H2,1-3H3/t11-,12-,13+,14-,15-,16-,17+/m0/s1. The Balaban J connectivity index is 1.56. The van der Waals surface area contributed by atoms with Gasteiger partial charge in [-0.25, -0.2) is 0 Å². The van der Waals surface area contributed by atoms with Gasteiger partial charge in [0.15, 0.2) is 0 Å². The number of rotatable bonds is 5. The van der Waals surface area contributed by atoms with Crippen LogP contribution in [0.3, 0.4) is 0 Å². The lowest BCUT2D eigenvalue weighted by molar-refractivity contribution is -0.478. The van der Waals surface area contributed by atoms with Crippen LogP contribution in [0, 0.1) is 0 Å². The van der Waals surface area contributed by atoms with Gasteiger partial charge in [0, 0.05) is 7.11 Å². The zero-order chi connectivity index (χ0) is 16.0. The molecule has 0 aromatic heterocycles. The highest BCUT2D eigenvalue weighted by Crippen LogP contribution is 2.43. The molecule has 1 aromatic rings. The molecular formula is C17H23NO5. The molecule has 0 unspecified atom stereocenters. The lowest BCUT2D eigenvalue weighted by atomic mass is 9.80. The van der Waals surface area contributed by atoms with Crippen molar-refractivity contribution in [2.24, 2.45) is 0 Å². The van der Waals surface area contributed by atoms with Crippen LogP contribution in [0.25, 0.3) is 0 Å². The molecule has 0 amide bonds. The molecule has 4 aliphatic rings. The summed E-state index contributed by atoms with van der Waals surface area (Å²) >= 11 is 0. The van der Waals surface area contributed by atoms with Crippen LogP contribution in [0.5, 0.6) is 0 Å². The Hall–Kier alpha value is -1.02. The van der Waals surface area contributed by atoms with Crippen molar-refractivity contribution < 1.29 is 23.7 Å². The fourth-order valence-corrected chi connectivity index (χ4v) is 3.90. The smallest absolute Gasteiger partial charge is 0.272 e. The summed E-state index contributed by atoms with van der Waals surface area (Å²) in [5.41, 5.74) is 1.13. The number of ether oxygens (including phenoxy) is 5. The number of likely N-dealkylation sites (N-methyl/N-ethyl adjacent to an activating group) is 1. The van der Waals surface area contributed by atoms with E-state index < -0.39 is 6.48 Å². The van der Waals surface area contributed by atoms with Crippen molar-refractivity contribution >= 4 is 0 Å². The Morgan fingerprint density at radius 2 is 1.61 bits per heavy atom. The number of nitrogens with zero attached hydrogens (tertiary/aromatic N) is 1. The van der Waals surface area contributed by atoms with E-state index in [-0.39, 0.29) is 36.6 Å². The summed E-state index contributed by atoms with van der Waals surface area (Å²) in [5, 5.41) is 0. The molecule has 1 saturated carbocycles. The second-order valence-corrected chi connectivity index (χ2v) is 6.51. The molecule has 3 saturated heterocycles. The summed E-state index contributed by atoms with van der Waals surface area (Å²) in [6.45, 7) is -0.0768. The fourth-order valence-electron chi connectivity index (χ4n) is 3.90. The van der Waals surface area contributed by atoms with Crippen molar-refractivity contribution in [2.75, 3.05) is 21.2 Å². The average Bonchev–Trinajstić information content (AvgIpc) is 2.55. The van der Waals surface area contributed by atoms with Crippen molar-refractivity contribution in [1.82, 2.24) is 4.90 Å². The minimum absolute atomic E-state index is 0.0610. The molecule has 3 heterocycles. The van der Waals surface area contributed by atoms with Crippen LogP contribution in [0.2, 0.25) is 0 Å². The van der Waals surface area contributed by atoms with Crippen LogP contribution in [0.15, 0.2) is 30.3 Å². The average molecular weight is 321 g/mol. The highest BCUT2D eigenvalue weighted by molar-refractivity contribution is 5.14. The van der Waals surface area contributed by atoms with Crippen molar-refractivity contribution in [3.05, 3.63) is 35.9 Å². The first kappa shape index (κ1) is 15.5. The third kappa shape index (κ3) is 2.59. The molecule has 126 valence electrons. The Labute approximate surface area is 136 Å². The topological polar surface area (TPSA) is 49.4 Å². The summed E-state index contributed by atoms with van der Waals surface area (Å²) in [6.07, 6.45) is -0.636. The number of benzene rings is 1. The van der Waals surface area contributed by atoms with Gasteiger partial charge < -0.3 is 28.6 Å². The molecular weight excluding hydrogens is 298 g/mol. The zero-order valence-electron chi connectivity index (χ0n) is 13.6. The van der Waals surface area contributed by atoms with Gasteiger partial charge in [0.1, 0.15) is 30.5 Å². The van der Waals surface area contributed by atoms with Crippen molar-refractivity contribution in [1.29, 1.82) is 0 Å². The van der Waals surface area contributed by atoms with E-state index in [4.69, 9.17) is 23.7 Å². The molecule has 6 nitrogen and oxygen atoms in total. The molecule has 5 rings (SSSR count). The predicted molar refractivity (Wildman–Crippen MR) is 81.7 cm³/mol. The quantitative estimate of drug-likeness (QED) is 0.806. The first-order chi connectivity index (χ1) is 11.2. The van der Waals surface area contributed by atoms with E-state index in [9.17, 15) is 0 Å². The molecule has 3 aliphatic heterocycles. The maximum atomic E-state index is 6.21. The first-order valence-electron chi connectivity index (χ1n) is 8.00. The van der Waals surface area contributed by atoms with Gasteiger partial charge in [0.2, 0.25) is 0 Å². The first-order valence-corrected chi connectivity index (χ1v) is 8.00. The van der Waals surface area contributed by atoms with Crippen LogP contribution in [0.4, 0.5) is 0 Å². The highest BCUT2D eigenvalue weighted by Gasteiger charge is 2.63. The van der Waals surface area contributed by atoms with Crippen LogP contribution >= 0.6 is 0 Å². The number of hydrogen-bond acceptors (Lipinski definition) is 6. The lowest BCUT2D eigenvalue weighted by Crippen LogP contribution is -2.78. The van der Waals surface area contributed by atoms with E-state index in [1.807, 2.05) is 32.3 Å². The third-order valence-corrected chi connectivity index (χ3v) is 4.93. The third-order valence-electron chi connectivity index (χ3n) is 4.93. The van der Waals surface area contributed by atoms with E-state index >= 15 is 0 Å². The normalized spacial score (nSPS) is 41.7. The highest BCUT2D eigenvalue weighted by atomic mass is 16.9.